The predicted molar refractivity (Wildman–Crippen MR) is 147 cm³/mol. The average molecular weight is 693 g/mol. The number of carbonyl (C=O) groups is 1. The molecule has 0 radical (unpaired) electrons. The summed E-state index contributed by atoms with van der Waals surface area (Å²) < 4.78 is 99.8. The van der Waals surface area contributed by atoms with E-state index in [0.717, 1.165) is 28.4 Å². The fraction of sp³-hybridized carbons (Fsp3) is 0.500. The van der Waals surface area contributed by atoms with Crippen LogP contribution in [0.5, 0.6) is 0 Å². The maximum Gasteiger partial charge on any atom is 0.404 e. The maximum absolute atomic E-state index is 14.2. The van der Waals surface area contributed by atoms with E-state index in [1.165, 1.54) is 25.5 Å². The number of hydrogen-bond acceptors (Lipinski definition) is 9. The van der Waals surface area contributed by atoms with E-state index in [1.807, 2.05) is 0 Å². The lowest BCUT2D eigenvalue weighted by molar-refractivity contribution is -0.147. The summed E-state index contributed by atoms with van der Waals surface area (Å²) in [6.45, 7) is 4.18. The molecule has 1 aliphatic rings. The van der Waals surface area contributed by atoms with Gasteiger partial charge < -0.3 is 14.4 Å². The first-order valence-electron chi connectivity index (χ1n) is 12.4. The van der Waals surface area contributed by atoms with Gasteiger partial charge in [-0.15, -0.1) is 21.5 Å². The Bertz CT molecular complexity index is 1660. The number of aromatic nitrogens is 3. The largest absolute Gasteiger partial charge is 0.419 e. The number of aliphatic hydroxyl groups is 1. The van der Waals surface area contributed by atoms with Crippen molar-refractivity contribution in [3.8, 4) is 21.3 Å². The molecule has 3 aromatic rings. The molecule has 1 aromatic carbocycles. The van der Waals surface area contributed by atoms with Crippen molar-refractivity contribution in [1.82, 2.24) is 24.8 Å². The zero-order valence-electron chi connectivity index (χ0n) is 22.8. The number of likely N-dealkylation sites (tertiary alicyclic amines) is 1. The number of thiazole rings is 1. The van der Waals surface area contributed by atoms with Crippen LogP contribution in [0.4, 0.5) is 22.0 Å². The van der Waals surface area contributed by atoms with Crippen LogP contribution in [0.1, 0.15) is 50.5 Å². The lowest BCUT2D eigenvalue weighted by Crippen LogP contribution is -2.43. The first kappa shape index (κ1) is 33.5. The molecule has 0 unspecified atom stereocenters. The number of halogens is 7. The van der Waals surface area contributed by atoms with Crippen molar-refractivity contribution >= 4 is 50.5 Å². The number of rotatable bonds is 8. The number of amides is 1. The molecule has 0 saturated carbocycles. The second-order valence-electron chi connectivity index (χ2n) is 10.7. The summed E-state index contributed by atoms with van der Waals surface area (Å²) >= 11 is 13.4. The normalized spacial score (nSPS) is 18.3. The molecule has 1 saturated heterocycles. The number of nitrogens with zero attached hydrogens (tertiary/aromatic N) is 4. The maximum atomic E-state index is 14.2. The van der Waals surface area contributed by atoms with E-state index >= 15 is 0 Å². The van der Waals surface area contributed by atoms with E-state index in [0.29, 0.717) is 6.92 Å². The van der Waals surface area contributed by atoms with Gasteiger partial charge in [0.05, 0.1) is 33.5 Å². The highest BCUT2D eigenvalue weighted by Crippen LogP contribution is 2.44. The number of benzene rings is 1. The highest BCUT2D eigenvalue weighted by Gasteiger charge is 2.46. The van der Waals surface area contributed by atoms with E-state index in [1.54, 1.807) is 0 Å². The van der Waals surface area contributed by atoms with Gasteiger partial charge in [-0.05, 0) is 33.8 Å². The van der Waals surface area contributed by atoms with E-state index in [2.05, 4.69) is 15.2 Å². The van der Waals surface area contributed by atoms with Gasteiger partial charge in [0.25, 0.3) is 17.7 Å². The van der Waals surface area contributed by atoms with Crippen LogP contribution >= 0.6 is 34.5 Å². The second-order valence-corrected chi connectivity index (χ2v) is 14.1. The minimum absolute atomic E-state index is 0.0250. The van der Waals surface area contributed by atoms with Crippen LogP contribution in [-0.4, -0.2) is 75.8 Å². The molecular formula is C24H24Cl2F5N5O5S2. The summed E-state index contributed by atoms with van der Waals surface area (Å²) in [5, 5.41) is 16.6. The Kier molecular flexibility index (Phi) is 8.94. The first-order chi connectivity index (χ1) is 19.6. The molecule has 236 valence electrons. The van der Waals surface area contributed by atoms with Crippen LogP contribution in [0.25, 0.3) is 21.3 Å². The predicted octanol–water partition coefficient (Wildman–Crippen LogP) is 5.58. The Morgan fingerprint density at radius 3 is 2.47 bits per heavy atom. The van der Waals surface area contributed by atoms with Crippen molar-refractivity contribution in [3.63, 3.8) is 0 Å². The van der Waals surface area contributed by atoms with Crippen LogP contribution in [-0.2, 0) is 16.4 Å². The van der Waals surface area contributed by atoms with E-state index in [-0.39, 0.29) is 39.3 Å². The minimum Gasteiger partial charge on any atom is -0.419 e. The third-order valence-electron chi connectivity index (χ3n) is 6.26. The Morgan fingerprint density at radius 1 is 1.26 bits per heavy atom. The van der Waals surface area contributed by atoms with Crippen LogP contribution < -0.4 is 4.72 Å². The van der Waals surface area contributed by atoms with Crippen molar-refractivity contribution in [2.45, 2.75) is 75.2 Å². The quantitative estimate of drug-likeness (QED) is 0.292. The Hall–Kier alpha value is -2.44. The Morgan fingerprint density at radius 2 is 1.91 bits per heavy atom. The van der Waals surface area contributed by atoms with Crippen LogP contribution in [0.3, 0.4) is 0 Å². The van der Waals surface area contributed by atoms with Gasteiger partial charge in [0.2, 0.25) is 15.9 Å². The topological polar surface area (TPSA) is 139 Å². The molecule has 3 heterocycles. The summed E-state index contributed by atoms with van der Waals surface area (Å²) in [6.07, 6.45) is -5.50. The molecule has 0 spiro atoms. The van der Waals surface area contributed by atoms with Gasteiger partial charge in [-0.3, -0.25) is 4.79 Å². The molecule has 2 aromatic heterocycles. The summed E-state index contributed by atoms with van der Waals surface area (Å²) in [5.41, 5.74) is -1.62. The molecule has 1 aliphatic heterocycles. The van der Waals surface area contributed by atoms with Gasteiger partial charge in [-0.1, -0.05) is 29.3 Å². The van der Waals surface area contributed by atoms with E-state index < -0.39 is 73.6 Å². The van der Waals surface area contributed by atoms with Crippen molar-refractivity contribution in [3.05, 3.63) is 33.8 Å². The summed E-state index contributed by atoms with van der Waals surface area (Å²) in [5.74, 6) is -4.18. The highest BCUT2D eigenvalue weighted by atomic mass is 35.5. The lowest BCUT2D eigenvalue weighted by atomic mass is 10.1. The van der Waals surface area contributed by atoms with Gasteiger partial charge in [0, 0.05) is 18.0 Å². The summed E-state index contributed by atoms with van der Waals surface area (Å²) in [6, 6.07) is -1.32. The van der Waals surface area contributed by atoms with Crippen LogP contribution in [0.2, 0.25) is 10.0 Å². The zero-order chi connectivity index (χ0) is 32.3. The Balaban J connectivity index is 1.82. The molecule has 0 aliphatic carbocycles. The van der Waals surface area contributed by atoms with Crippen molar-refractivity contribution < 1.29 is 44.7 Å². The molecule has 19 heteroatoms. The smallest absolute Gasteiger partial charge is 0.404 e. The number of sulfonamides is 1. The van der Waals surface area contributed by atoms with Gasteiger partial charge in [-0.25, -0.2) is 22.2 Å². The standard InChI is InChI=1S/C24H24Cl2F5N5O5S2/c1-10-7-23(27,28)9-36(10)21(37)17-18(42-20(32-17)19-34-33-14(41-19)8-22(3,4)38)12-5-6-13(16(26)15(12)25)43(39,40)35-11(2)24(29,30)31/h5-6,10-11,35,38H,7-9H2,1-4H3/t10-,11-/m0/s1. The monoisotopic (exact) mass is 691 g/mol. The SMILES string of the molecule is C[C@H](NS(=O)(=O)c1ccc(-c2sc(-c3nnc(CC(C)(C)O)o3)nc2C(=O)N2CC(F)(F)C[C@@H]2C)c(Cl)c1Cl)C(F)(F)F. The second kappa shape index (κ2) is 11.5. The zero-order valence-corrected chi connectivity index (χ0v) is 25.9. The molecular weight excluding hydrogens is 668 g/mol. The summed E-state index contributed by atoms with van der Waals surface area (Å²) in [4.78, 5) is 18.0. The van der Waals surface area contributed by atoms with E-state index in [4.69, 9.17) is 27.6 Å². The number of carbonyl (C=O) groups excluding carboxylic acids is 1. The molecule has 2 N–H and O–H groups in total. The van der Waals surface area contributed by atoms with Crippen LogP contribution in [0.15, 0.2) is 21.4 Å². The van der Waals surface area contributed by atoms with Gasteiger partial charge >= 0.3 is 6.18 Å². The van der Waals surface area contributed by atoms with Crippen LogP contribution in [0, 0.1) is 0 Å². The fourth-order valence-electron chi connectivity index (χ4n) is 4.22. The number of alkyl halides is 5. The fourth-order valence-corrected chi connectivity index (χ4v) is 7.38. The van der Waals surface area contributed by atoms with Gasteiger partial charge in [-0.2, -0.15) is 17.9 Å². The molecule has 0 bridgehead atoms. The molecule has 2 atom stereocenters. The lowest BCUT2D eigenvalue weighted by Gasteiger charge is -2.20. The van der Waals surface area contributed by atoms with Gasteiger partial charge in [0.1, 0.15) is 16.6 Å². The Labute approximate surface area is 256 Å². The summed E-state index contributed by atoms with van der Waals surface area (Å²) in [7, 11) is -4.82. The average Bonchev–Trinajstić information content (AvgIpc) is 3.55. The molecule has 1 fully saturated rings. The first-order valence-corrected chi connectivity index (χ1v) is 15.5. The number of nitrogens with one attached hydrogen (secondary N) is 1. The van der Waals surface area contributed by atoms with Crippen molar-refractivity contribution in [2.24, 2.45) is 0 Å². The molecule has 4 rings (SSSR count). The highest BCUT2D eigenvalue weighted by molar-refractivity contribution is 7.89. The molecule has 43 heavy (non-hydrogen) atoms. The number of hydrogen-bond donors (Lipinski definition) is 2. The minimum atomic E-state index is -4.89. The third kappa shape index (κ3) is 7.28. The molecule has 10 nitrogen and oxygen atoms in total. The van der Waals surface area contributed by atoms with Crippen molar-refractivity contribution in [2.75, 3.05) is 6.54 Å². The van der Waals surface area contributed by atoms with Gasteiger partial charge in [0.15, 0.2) is 5.01 Å². The third-order valence-corrected chi connectivity index (χ3v) is 9.91. The van der Waals surface area contributed by atoms with Crippen molar-refractivity contribution in [1.29, 1.82) is 0 Å². The molecule has 1 amide bonds. The van der Waals surface area contributed by atoms with E-state index in [9.17, 15) is 40.3 Å².